The van der Waals surface area contributed by atoms with E-state index in [0.29, 0.717) is 20.8 Å². The fourth-order valence-electron chi connectivity index (χ4n) is 3.18. The van der Waals surface area contributed by atoms with Crippen molar-refractivity contribution in [3.8, 4) is 5.75 Å². The smallest absolute Gasteiger partial charge is 0.487 e. The summed E-state index contributed by atoms with van der Waals surface area (Å²) in [5.41, 5.74) is 1.31. The maximum atomic E-state index is 13.1. The number of alkyl halides is 3. The fourth-order valence-corrected chi connectivity index (χ4v) is 6.43. The molecule has 33 heavy (non-hydrogen) atoms. The Hall–Kier alpha value is -1.93. The van der Waals surface area contributed by atoms with Crippen LogP contribution in [0.1, 0.15) is 0 Å². The summed E-state index contributed by atoms with van der Waals surface area (Å²) < 4.78 is 65.9. The molecule has 0 atom stereocenters. The summed E-state index contributed by atoms with van der Waals surface area (Å²) in [6.07, 6.45) is -5.08. The van der Waals surface area contributed by atoms with Gasteiger partial charge in [-0.15, -0.1) is 11.3 Å². The van der Waals surface area contributed by atoms with Gasteiger partial charge < -0.3 is 20.1 Å². The molecular weight excluding hydrogens is 530 g/mol. The van der Waals surface area contributed by atoms with Crippen LogP contribution in [0.15, 0.2) is 28.5 Å². The number of carboxylic acids is 1. The first-order valence-electron chi connectivity index (χ1n) is 9.41. The van der Waals surface area contributed by atoms with Crippen LogP contribution in [0.3, 0.4) is 0 Å². The Morgan fingerprint density at radius 1 is 1.12 bits per heavy atom. The van der Waals surface area contributed by atoms with Crippen LogP contribution < -0.4 is 19.3 Å². The summed E-state index contributed by atoms with van der Waals surface area (Å²) in [6.45, 7) is 3.85. The Kier molecular flexibility index (Phi) is 7.89. The molecule has 0 amide bonds. The lowest BCUT2D eigenvalue weighted by Gasteiger charge is -2.36. The van der Waals surface area contributed by atoms with E-state index in [1.807, 2.05) is 6.07 Å². The van der Waals surface area contributed by atoms with E-state index in [1.165, 1.54) is 10.4 Å². The molecule has 0 radical (unpaired) electrons. The first kappa shape index (κ1) is 25.7. The monoisotopic (exact) mass is 547 g/mol. The van der Waals surface area contributed by atoms with E-state index < -0.39 is 22.2 Å². The largest absolute Gasteiger partial charge is 0.490 e. The number of anilines is 2. The van der Waals surface area contributed by atoms with Gasteiger partial charge in [-0.1, -0.05) is 23.2 Å². The number of aliphatic carboxylic acids is 1. The number of hydrogen-bond donors (Lipinski definition) is 2. The number of thiophene rings is 1. The lowest BCUT2D eigenvalue weighted by atomic mass is 10.2. The lowest BCUT2D eigenvalue weighted by molar-refractivity contribution is -0.192. The van der Waals surface area contributed by atoms with Gasteiger partial charge in [-0.2, -0.15) is 13.2 Å². The van der Waals surface area contributed by atoms with Gasteiger partial charge in [-0.05, 0) is 24.3 Å². The number of rotatable bonds is 3. The maximum absolute atomic E-state index is 13.1. The summed E-state index contributed by atoms with van der Waals surface area (Å²) in [4.78, 5) is 11.1. The first-order chi connectivity index (χ1) is 15.4. The minimum absolute atomic E-state index is 0.207. The molecule has 1 saturated heterocycles. The number of piperazine rings is 1. The van der Waals surface area contributed by atoms with Crippen molar-refractivity contribution < 1.29 is 36.2 Å². The van der Waals surface area contributed by atoms with Crippen molar-refractivity contribution in [1.29, 1.82) is 0 Å². The highest BCUT2D eigenvalue weighted by atomic mass is 35.5. The van der Waals surface area contributed by atoms with Crippen LogP contribution in [-0.4, -0.2) is 65.0 Å². The van der Waals surface area contributed by atoms with Crippen LogP contribution in [-0.2, 0) is 14.8 Å². The lowest BCUT2D eigenvalue weighted by Crippen LogP contribution is -2.44. The van der Waals surface area contributed by atoms with E-state index in [4.69, 9.17) is 37.8 Å². The molecule has 2 N–H and O–H groups in total. The molecule has 182 valence electrons. The normalized spacial score (nSPS) is 16.4. The van der Waals surface area contributed by atoms with Gasteiger partial charge in [0.2, 0.25) is 0 Å². The van der Waals surface area contributed by atoms with Gasteiger partial charge in [-0.25, -0.2) is 13.2 Å². The van der Waals surface area contributed by atoms with Crippen molar-refractivity contribution in [3.05, 3.63) is 33.6 Å². The van der Waals surface area contributed by atoms with Crippen molar-refractivity contribution in [1.82, 2.24) is 5.32 Å². The fraction of sp³-hybridized carbons (Fsp3) is 0.389. The molecule has 4 rings (SSSR count). The van der Waals surface area contributed by atoms with Crippen LogP contribution in [0.4, 0.5) is 24.5 Å². The molecule has 0 bridgehead atoms. The Labute approximate surface area is 201 Å². The van der Waals surface area contributed by atoms with E-state index >= 15 is 0 Å². The second-order valence-corrected chi connectivity index (χ2v) is 11.0. The summed E-state index contributed by atoms with van der Waals surface area (Å²) in [5.74, 6) is -2.19. The van der Waals surface area contributed by atoms with Crippen LogP contribution in [0.2, 0.25) is 9.36 Å². The van der Waals surface area contributed by atoms with Crippen molar-refractivity contribution in [2.24, 2.45) is 0 Å². The molecular formula is C18H18Cl2F3N3O5S2. The average molecular weight is 548 g/mol. The first-order valence-corrected chi connectivity index (χ1v) is 12.4. The number of carboxylic acid groups (broad SMARTS) is 1. The van der Waals surface area contributed by atoms with E-state index in [0.717, 1.165) is 43.2 Å². The Balaban J connectivity index is 0.000000383. The van der Waals surface area contributed by atoms with Gasteiger partial charge in [0.1, 0.15) is 10.8 Å². The number of halogens is 5. The molecule has 1 fully saturated rings. The van der Waals surface area contributed by atoms with Gasteiger partial charge in [0, 0.05) is 31.2 Å². The molecule has 2 aliphatic rings. The van der Waals surface area contributed by atoms with Crippen LogP contribution in [0.5, 0.6) is 5.75 Å². The van der Waals surface area contributed by atoms with Gasteiger partial charge >= 0.3 is 12.1 Å². The Morgan fingerprint density at radius 3 is 2.27 bits per heavy atom. The second kappa shape index (κ2) is 10.1. The van der Waals surface area contributed by atoms with Crippen molar-refractivity contribution >= 4 is 61.9 Å². The van der Waals surface area contributed by atoms with Gasteiger partial charge in [0.05, 0.1) is 22.3 Å². The van der Waals surface area contributed by atoms with E-state index in [-0.39, 0.29) is 17.4 Å². The maximum Gasteiger partial charge on any atom is 0.490 e. The molecule has 8 nitrogen and oxygen atoms in total. The number of carbonyl (C=O) groups is 1. The van der Waals surface area contributed by atoms with Gasteiger partial charge in [0.25, 0.3) is 10.0 Å². The van der Waals surface area contributed by atoms with Gasteiger partial charge in [-0.3, -0.25) is 4.31 Å². The molecule has 2 aliphatic heterocycles. The van der Waals surface area contributed by atoms with E-state index in [9.17, 15) is 21.6 Å². The molecule has 3 heterocycles. The zero-order valence-corrected chi connectivity index (χ0v) is 19.9. The second-order valence-electron chi connectivity index (χ2n) is 6.80. The minimum Gasteiger partial charge on any atom is -0.487 e. The topological polar surface area (TPSA) is 99.2 Å². The van der Waals surface area contributed by atoms with Crippen LogP contribution >= 0.6 is 34.5 Å². The summed E-state index contributed by atoms with van der Waals surface area (Å²) in [7, 11) is -3.72. The molecule has 1 aromatic carbocycles. The predicted octanol–water partition coefficient (Wildman–Crippen LogP) is 3.69. The zero-order valence-electron chi connectivity index (χ0n) is 16.7. The summed E-state index contributed by atoms with van der Waals surface area (Å²) in [6, 6.07) is 6.60. The van der Waals surface area contributed by atoms with Crippen molar-refractivity contribution in [2.45, 2.75) is 10.4 Å². The molecule has 0 spiro atoms. The highest BCUT2D eigenvalue weighted by Gasteiger charge is 2.38. The number of benzene rings is 1. The van der Waals surface area contributed by atoms with E-state index in [2.05, 4.69) is 10.2 Å². The number of nitrogens with one attached hydrogen (secondary N) is 1. The summed E-state index contributed by atoms with van der Waals surface area (Å²) >= 11 is 13.3. The SMILES string of the molecule is O=C(O)C(F)(F)F.O=S(=O)(c1ccc(Cl)s1)N1CCOc2c(N3CCNCC3)cc(Cl)cc21. The molecule has 2 aromatic rings. The number of sulfonamides is 1. The molecule has 0 aliphatic carbocycles. The standard InChI is InChI=1S/C16H17Cl2N3O3S2.C2HF3O2/c17-11-9-12(20-5-3-19-4-6-20)16-13(10-11)21(7-8-24-16)26(22,23)15-2-1-14(18)25-15;3-2(4,5)1(6)7/h1-2,9-10,19H,3-8H2;(H,6,7). The average Bonchev–Trinajstić information content (AvgIpc) is 3.20. The molecule has 1 aromatic heterocycles. The number of ether oxygens (including phenoxy) is 1. The number of fused-ring (bicyclic) bond motifs is 1. The zero-order chi connectivity index (χ0) is 24.4. The highest BCUT2D eigenvalue weighted by molar-refractivity contribution is 7.94. The highest BCUT2D eigenvalue weighted by Crippen LogP contribution is 2.45. The van der Waals surface area contributed by atoms with E-state index in [1.54, 1.807) is 12.1 Å². The Bertz CT molecular complexity index is 1120. The van der Waals surface area contributed by atoms with Crippen molar-refractivity contribution in [3.63, 3.8) is 0 Å². The summed E-state index contributed by atoms with van der Waals surface area (Å²) in [5, 5.41) is 10.9. The quantitative estimate of drug-likeness (QED) is 0.604. The third kappa shape index (κ3) is 5.96. The Morgan fingerprint density at radius 2 is 1.73 bits per heavy atom. The number of hydrogen-bond acceptors (Lipinski definition) is 7. The predicted molar refractivity (Wildman–Crippen MR) is 120 cm³/mol. The van der Waals surface area contributed by atoms with Gasteiger partial charge in [0.15, 0.2) is 5.75 Å². The number of nitrogens with zero attached hydrogens (tertiary/aromatic N) is 2. The molecule has 15 heteroatoms. The molecule has 0 saturated carbocycles. The van der Waals surface area contributed by atoms with Crippen LogP contribution in [0.25, 0.3) is 0 Å². The third-order valence-corrected chi connectivity index (χ3v) is 8.35. The van der Waals surface area contributed by atoms with Crippen molar-refractivity contribution in [2.75, 3.05) is 48.5 Å². The van der Waals surface area contributed by atoms with Crippen LogP contribution in [0, 0.1) is 0 Å². The minimum atomic E-state index is -5.08. The molecule has 0 unspecified atom stereocenters. The third-order valence-electron chi connectivity index (χ3n) is 4.62.